The third kappa shape index (κ3) is 4.08. The molecule has 102 valence electrons. The van der Waals surface area contributed by atoms with Gasteiger partial charge in [-0.1, -0.05) is 18.2 Å². The molecule has 2 rings (SSSR count). The summed E-state index contributed by atoms with van der Waals surface area (Å²) in [5, 5.41) is 7.76. The summed E-state index contributed by atoms with van der Waals surface area (Å²) in [7, 11) is 1.71. The van der Waals surface area contributed by atoms with Crippen LogP contribution in [0.15, 0.2) is 41.1 Å². The van der Waals surface area contributed by atoms with E-state index < -0.39 is 0 Å². The second-order valence-electron chi connectivity index (χ2n) is 4.52. The monoisotopic (exact) mass is 323 g/mol. The SMILES string of the molecule is COCc1ccccc1N[C@@H](C)Cn1cc(Br)cn1. The predicted molar refractivity (Wildman–Crippen MR) is 80.2 cm³/mol. The molecule has 5 heteroatoms. The highest BCUT2D eigenvalue weighted by atomic mass is 79.9. The Hall–Kier alpha value is -1.33. The Morgan fingerprint density at radius 3 is 2.89 bits per heavy atom. The van der Waals surface area contributed by atoms with Gasteiger partial charge in [0, 0.05) is 30.6 Å². The first kappa shape index (κ1) is 14.1. The number of anilines is 1. The second kappa shape index (κ2) is 6.73. The smallest absolute Gasteiger partial charge is 0.0733 e. The minimum Gasteiger partial charge on any atom is -0.380 e. The molecular formula is C14H18BrN3O. The van der Waals surface area contributed by atoms with E-state index in [1.807, 2.05) is 23.0 Å². The normalized spacial score (nSPS) is 12.4. The summed E-state index contributed by atoms with van der Waals surface area (Å²) in [5.74, 6) is 0. The maximum atomic E-state index is 5.21. The minimum atomic E-state index is 0.282. The third-order valence-corrected chi connectivity index (χ3v) is 3.19. The lowest BCUT2D eigenvalue weighted by molar-refractivity contribution is 0.185. The maximum absolute atomic E-state index is 5.21. The zero-order chi connectivity index (χ0) is 13.7. The zero-order valence-electron chi connectivity index (χ0n) is 11.1. The average Bonchev–Trinajstić information content (AvgIpc) is 2.77. The number of rotatable bonds is 6. The Morgan fingerprint density at radius 1 is 1.42 bits per heavy atom. The van der Waals surface area contributed by atoms with Crippen molar-refractivity contribution < 1.29 is 4.74 Å². The highest BCUT2D eigenvalue weighted by Gasteiger charge is 2.07. The van der Waals surface area contributed by atoms with Gasteiger partial charge in [0.25, 0.3) is 0 Å². The van der Waals surface area contributed by atoms with Crippen molar-refractivity contribution in [1.82, 2.24) is 9.78 Å². The van der Waals surface area contributed by atoms with E-state index >= 15 is 0 Å². The van der Waals surface area contributed by atoms with Crippen LogP contribution in [0.1, 0.15) is 12.5 Å². The van der Waals surface area contributed by atoms with Crippen LogP contribution >= 0.6 is 15.9 Å². The molecule has 0 aliphatic heterocycles. The highest BCUT2D eigenvalue weighted by molar-refractivity contribution is 9.10. The Morgan fingerprint density at radius 2 is 2.21 bits per heavy atom. The molecule has 0 spiro atoms. The minimum absolute atomic E-state index is 0.282. The van der Waals surface area contributed by atoms with Crippen LogP contribution in [0.2, 0.25) is 0 Å². The van der Waals surface area contributed by atoms with Gasteiger partial charge in [0.1, 0.15) is 0 Å². The van der Waals surface area contributed by atoms with Gasteiger partial charge < -0.3 is 10.1 Å². The summed E-state index contributed by atoms with van der Waals surface area (Å²) < 4.78 is 8.12. The molecule has 0 unspecified atom stereocenters. The van der Waals surface area contributed by atoms with Crippen LogP contribution in [-0.2, 0) is 17.9 Å². The lowest BCUT2D eigenvalue weighted by Gasteiger charge is -2.18. The van der Waals surface area contributed by atoms with Crippen molar-refractivity contribution in [3.63, 3.8) is 0 Å². The first-order valence-corrected chi connectivity index (χ1v) is 6.99. The molecule has 4 nitrogen and oxygen atoms in total. The number of aromatic nitrogens is 2. The fraction of sp³-hybridized carbons (Fsp3) is 0.357. The molecule has 0 saturated carbocycles. The number of hydrogen-bond donors (Lipinski definition) is 1. The van der Waals surface area contributed by atoms with Crippen LogP contribution in [0, 0.1) is 0 Å². The zero-order valence-corrected chi connectivity index (χ0v) is 12.7. The lowest BCUT2D eigenvalue weighted by Crippen LogP contribution is -2.22. The number of methoxy groups -OCH3 is 1. The summed E-state index contributed by atoms with van der Waals surface area (Å²) in [6.07, 6.45) is 3.77. The number of halogens is 1. The van der Waals surface area contributed by atoms with Crippen LogP contribution in [0.4, 0.5) is 5.69 Å². The van der Waals surface area contributed by atoms with Crippen LogP contribution < -0.4 is 5.32 Å². The van der Waals surface area contributed by atoms with Gasteiger partial charge >= 0.3 is 0 Å². The van der Waals surface area contributed by atoms with Crippen molar-refractivity contribution in [3.05, 3.63) is 46.7 Å². The van der Waals surface area contributed by atoms with Gasteiger partial charge in [-0.15, -0.1) is 0 Å². The van der Waals surface area contributed by atoms with Crippen LogP contribution in [-0.4, -0.2) is 22.9 Å². The van der Waals surface area contributed by atoms with Gasteiger partial charge in [0.05, 0.1) is 23.8 Å². The molecule has 0 aliphatic rings. The van der Waals surface area contributed by atoms with Crippen molar-refractivity contribution in [2.75, 3.05) is 12.4 Å². The number of nitrogens with one attached hydrogen (secondary N) is 1. The van der Waals surface area contributed by atoms with Crippen molar-refractivity contribution in [1.29, 1.82) is 0 Å². The van der Waals surface area contributed by atoms with Crippen molar-refractivity contribution in [2.24, 2.45) is 0 Å². The van der Waals surface area contributed by atoms with E-state index in [0.717, 1.165) is 16.7 Å². The largest absolute Gasteiger partial charge is 0.380 e. The number of benzene rings is 1. The van der Waals surface area contributed by atoms with E-state index in [1.54, 1.807) is 13.3 Å². The highest BCUT2D eigenvalue weighted by Crippen LogP contribution is 2.17. The average molecular weight is 324 g/mol. The van der Waals surface area contributed by atoms with Gasteiger partial charge in [0.2, 0.25) is 0 Å². The molecule has 1 aromatic heterocycles. The van der Waals surface area contributed by atoms with E-state index in [0.29, 0.717) is 6.61 Å². The van der Waals surface area contributed by atoms with Crippen molar-refractivity contribution >= 4 is 21.6 Å². The molecule has 0 bridgehead atoms. The predicted octanol–water partition coefficient (Wildman–Crippen LogP) is 3.29. The summed E-state index contributed by atoms with van der Waals surface area (Å²) in [4.78, 5) is 0. The van der Waals surface area contributed by atoms with Crippen LogP contribution in [0.25, 0.3) is 0 Å². The molecule has 0 aliphatic carbocycles. The molecular weight excluding hydrogens is 306 g/mol. The van der Waals surface area contributed by atoms with E-state index in [2.05, 4.69) is 45.4 Å². The van der Waals surface area contributed by atoms with Gasteiger partial charge in [-0.05, 0) is 28.9 Å². The van der Waals surface area contributed by atoms with Crippen molar-refractivity contribution in [3.8, 4) is 0 Å². The second-order valence-corrected chi connectivity index (χ2v) is 5.43. The molecule has 2 aromatic rings. The molecule has 1 aromatic carbocycles. The van der Waals surface area contributed by atoms with Crippen molar-refractivity contribution in [2.45, 2.75) is 26.1 Å². The van der Waals surface area contributed by atoms with E-state index in [-0.39, 0.29) is 6.04 Å². The van der Waals surface area contributed by atoms with E-state index in [1.165, 1.54) is 5.56 Å². The quantitative estimate of drug-likeness (QED) is 0.886. The first-order chi connectivity index (χ1) is 9.19. The molecule has 1 atom stereocenters. The third-order valence-electron chi connectivity index (χ3n) is 2.78. The molecule has 0 saturated heterocycles. The first-order valence-electron chi connectivity index (χ1n) is 6.20. The fourth-order valence-corrected chi connectivity index (χ4v) is 2.30. The van der Waals surface area contributed by atoms with Gasteiger partial charge in [-0.25, -0.2) is 0 Å². The number of para-hydroxylation sites is 1. The summed E-state index contributed by atoms with van der Waals surface area (Å²) >= 11 is 3.40. The van der Waals surface area contributed by atoms with Gasteiger partial charge in [-0.3, -0.25) is 4.68 Å². The molecule has 0 amide bonds. The summed E-state index contributed by atoms with van der Waals surface area (Å²) in [6, 6.07) is 8.48. The summed E-state index contributed by atoms with van der Waals surface area (Å²) in [5.41, 5.74) is 2.28. The number of hydrogen-bond acceptors (Lipinski definition) is 3. The topological polar surface area (TPSA) is 39.1 Å². The molecule has 1 N–H and O–H groups in total. The van der Waals surface area contributed by atoms with Crippen LogP contribution in [0.3, 0.4) is 0 Å². The summed E-state index contributed by atoms with van der Waals surface area (Å²) in [6.45, 7) is 3.56. The van der Waals surface area contributed by atoms with Crippen LogP contribution in [0.5, 0.6) is 0 Å². The standard InChI is InChI=1S/C14H18BrN3O/c1-11(8-18-9-13(15)7-16-18)17-14-6-4-3-5-12(14)10-19-2/h3-7,9,11,17H,8,10H2,1-2H3/t11-/m0/s1. The maximum Gasteiger partial charge on any atom is 0.0733 e. The Bertz CT molecular complexity index is 527. The molecule has 19 heavy (non-hydrogen) atoms. The Balaban J connectivity index is 2.00. The Labute approximate surface area is 121 Å². The number of ether oxygens (including phenoxy) is 1. The number of nitrogens with zero attached hydrogens (tertiary/aromatic N) is 2. The molecule has 0 radical (unpaired) electrons. The molecule has 1 heterocycles. The van der Waals surface area contributed by atoms with E-state index in [9.17, 15) is 0 Å². The Kier molecular flexibility index (Phi) is 4.99. The fourth-order valence-electron chi connectivity index (χ4n) is 1.97. The van der Waals surface area contributed by atoms with E-state index in [4.69, 9.17) is 4.74 Å². The van der Waals surface area contributed by atoms with Gasteiger partial charge in [-0.2, -0.15) is 5.10 Å². The van der Waals surface area contributed by atoms with Gasteiger partial charge in [0.15, 0.2) is 0 Å². The lowest BCUT2D eigenvalue weighted by atomic mass is 10.1. The molecule has 0 fully saturated rings.